The lowest BCUT2D eigenvalue weighted by Crippen LogP contribution is -2.33. The molecule has 0 atom stereocenters. The molecule has 1 aromatic carbocycles. The minimum absolute atomic E-state index is 0.159. The second kappa shape index (κ2) is 8.37. The van der Waals surface area contributed by atoms with Crippen molar-refractivity contribution in [1.29, 1.82) is 0 Å². The van der Waals surface area contributed by atoms with Gasteiger partial charge in [-0.3, -0.25) is 14.7 Å². The SMILES string of the molecule is Cc1cc2nc3c(=O)[nH]c(=O)nc-3n(CCN(CCCl)CCCl)c2cc1C. The number of rotatable bonds is 7. The van der Waals surface area contributed by atoms with Crippen molar-refractivity contribution < 1.29 is 0 Å². The van der Waals surface area contributed by atoms with Gasteiger partial charge in [0, 0.05) is 37.9 Å². The van der Waals surface area contributed by atoms with Crippen LogP contribution in [0.3, 0.4) is 0 Å². The molecule has 0 fully saturated rings. The zero-order chi connectivity index (χ0) is 19.6. The van der Waals surface area contributed by atoms with Crippen LogP contribution in [0.4, 0.5) is 0 Å². The molecule has 0 radical (unpaired) electrons. The Kier molecular flexibility index (Phi) is 6.14. The van der Waals surface area contributed by atoms with Crippen molar-refractivity contribution in [1.82, 2.24) is 24.4 Å². The molecule has 0 aliphatic carbocycles. The summed E-state index contributed by atoms with van der Waals surface area (Å²) in [5.74, 6) is 1.29. The van der Waals surface area contributed by atoms with E-state index < -0.39 is 11.2 Å². The van der Waals surface area contributed by atoms with E-state index in [-0.39, 0.29) is 11.5 Å². The predicted molar refractivity (Wildman–Crippen MR) is 108 cm³/mol. The topological polar surface area (TPSA) is 83.9 Å². The van der Waals surface area contributed by atoms with Gasteiger partial charge in [0.25, 0.3) is 5.56 Å². The first kappa shape index (κ1) is 19.8. The second-order valence-electron chi connectivity index (χ2n) is 6.45. The zero-order valence-electron chi connectivity index (χ0n) is 15.3. The number of nitrogens with one attached hydrogen (secondary N) is 1. The third-order valence-corrected chi connectivity index (χ3v) is 5.00. The smallest absolute Gasteiger partial charge is 0.321 e. The summed E-state index contributed by atoms with van der Waals surface area (Å²) in [4.78, 5) is 36.9. The second-order valence-corrected chi connectivity index (χ2v) is 7.21. The number of aromatic nitrogens is 4. The Morgan fingerprint density at radius 2 is 1.70 bits per heavy atom. The number of hydrogen-bond donors (Lipinski definition) is 1. The first-order valence-corrected chi connectivity index (χ1v) is 9.77. The molecular formula is C18H21Cl2N5O2. The molecule has 1 aromatic rings. The summed E-state index contributed by atoms with van der Waals surface area (Å²) >= 11 is 11.8. The summed E-state index contributed by atoms with van der Waals surface area (Å²) in [6.45, 7) is 6.61. The quantitative estimate of drug-likeness (QED) is 0.476. The van der Waals surface area contributed by atoms with Crippen LogP contribution in [0.2, 0.25) is 0 Å². The zero-order valence-corrected chi connectivity index (χ0v) is 16.8. The normalized spacial score (nSPS) is 11.7. The Balaban J connectivity index is 2.18. The third-order valence-electron chi connectivity index (χ3n) is 4.67. The van der Waals surface area contributed by atoms with E-state index in [9.17, 15) is 9.59 Å². The largest absolute Gasteiger partial charge is 0.349 e. The summed E-state index contributed by atoms with van der Waals surface area (Å²) in [7, 11) is 0. The molecule has 9 heteroatoms. The Morgan fingerprint density at radius 1 is 1.04 bits per heavy atom. The van der Waals surface area contributed by atoms with Crippen molar-refractivity contribution >= 4 is 34.2 Å². The number of hydrogen-bond acceptors (Lipinski definition) is 5. The van der Waals surface area contributed by atoms with Crippen molar-refractivity contribution in [2.45, 2.75) is 20.4 Å². The van der Waals surface area contributed by atoms with Gasteiger partial charge in [-0.05, 0) is 37.1 Å². The van der Waals surface area contributed by atoms with E-state index in [1.807, 2.05) is 30.5 Å². The number of alkyl halides is 2. The average molecular weight is 410 g/mol. The molecule has 1 N–H and O–H groups in total. The van der Waals surface area contributed by atoms with Crippen LogP contribution in [0.1, 0.15) is 11.1 Å². The molecule has 27 heavy (non-hydrogen) atoms. The number of aromatic amines is 1. The van der Waals surface area contributed by atoms with Crippen LogP contribution in [0, 0.1) is 13.8 Å². The predicted octanol–water partition coefficient (Wildman–Crippen LogP) is 1.98. The van der Waals surface area contributed by atoms with E-state index in [1.165, 1.54) is 0 Å². The summed E-state index contributed by atoms with van der Waals surface area (Å²) in [5.41, 5.74) is 2.66. The van der Waals surface area contributed by atoms with Crippen LogP contribution in [0.15, 0.2) is 21.7 Å². The van der Waals surface area contributed by atoms with Gasteiger partial charge in [-0.25, -0.2) is 9.78 Å². The van der Waals surface area contributed by atoms with Gasteiger partial charge < -0.3 is 4.57 Å². The van der Waals surface area contributed by atoms with Gasteiger partial charge >= 0.3 is 5.69 Å². The molecule has 0 bridgehead atoms. The molecule has 0 saturated heterocycles. The molecule has 144 valence electrons. The molecule has 0 unspecified atom stereocenters. The van der Waals surface area contributed by atoms with Crippen LogP contribution >= 0.6 is 23.2 Å². The molecule has 2 aliphatic rings. The van der Waals surface area contributed by atoms with Gasteiger partial charge in [0.2, 0.25) is 0 Å². The number of halogens is 2. The van der Waals surface area contributed by atoms with E-state index in [0.29, 0.717) is 43.5 Å². The molecule has 2 heterocycles. The molecular weight excluding hydrogens is 389 g/mol. The highest BCUT2D eigenvalue weighted by Crippen LogP contribution is 2.23. The van der Waals surface area contributed by atoms with Crippen molar-refractivity contribution in [2.75, 3.05) is 31.4 Å². The fourth-order valence-electron chi connectivity index (χ4n) is 3.09. The lowest BCUT2D eigenvalue weighted by Gasteiger charge is -2.23. The van der Waals surface area contributed by atoms with Gasteiger partial charge in [-0.2, -0.15) is 4.98 Å². The van der Waals surface area contributed by atoms with Gasteiger partial charge in [0.1, 0.15) is 0 Å². The van der Waals surface area contributed by atoms with Crippen molar-refractivity contribution in [2.24, 2.45) is 0 Å². The monoisotopic (exact) mass is 409 g/mol. The molecule has 0 amide bonds. The van der Waals surface area contributed by atoms with Crippen LogP contribution in [0.25, 0.3) is 22.6 Å². The fraction of sp³-hybridized carbons (Fsp3) is 0.444. The fourth-order valence-corrected chi connectivity index (χ4v) is 3.57. The highest BCUT2D eigenvalue weighted by molar-refractivity contribution is 6.18. The van der Waals surface area contributed by atoms with E-state index >= 15 is 0 Å². The van der Waals surface area contributed by atoms with Crippen molar-refractivity contribution in [3.05, 3.63) is 44.1 Å². The highest BCUT2D eigenvalue weighted by atomic mass is 35.5. The highest BCUT2D eigenvalue weighted by Gasteiger charge is 2.19. The Bertz CT molecular complexity index is 1040. The number of H-pyrrole nitrogens is 1. The maximum atomic E-state index is 12.3. The van der Waals surface area contributed by atoms with Gasteiger partial charge in [-0.1, -0.05) is 0 Å². The summed E-state index contributed by atoms with van der Waals surface area (Å²) in [6.07, 6.45) is 0. The molecule has 7 nitrogen and oxygen atoms in total. The van der Waals surface area contributed by atoms with Crippen LogP contribution < -0.4 is 11.2 Å². The summed E-state index contributed by atoms with van der Waals surface area (Å²) in [6, 6.07) is 3.96. The molecule has 0 saturated carbocycles. The van der Waals surface area contributed by atoms with Crippen molar-refractivity contribution in [3.63, 3.8) is 0 Å². The minimum Gasteiger partial charge on any atom is -0.321 e. The van der Waals surface area contributed by atoms with Gasteiger partial charge in [0.15, 0.2) is 11.5 Å². The number of benzene rings is 1. The minimum atomic E-state index is -0.676. The average Bonchev–Trinajstić information content (AvgIpc) is 2.61. The number of nitrogens with zero attached hydrogens (tertiary/aromatic N) is 4. The maximum absolute atomic E-state index is 12.3. The first-order chi connectivity index (χ1) is 12.9. The van der Waals surface area contributed by atoms with E-state index in [2.05, 4.69) is 19.9 Å². The number of aryl methyl sites for hydroxylation is 2. The lowest BCUT2D eigenvalue weighted by atomic mass is 10.1. The molecule has 0 spiro atoms. The van der Waals surface area contributed by atoms with E-state index in [1.54, 1.807) is 0 Å². The number of fused-ring (bicyclic) bond motifs is 2. The molecule has 0 aromatic heterocycles. The Morgan fingerprint density at radius 3 is 2.37 bits per heavy atom. The first-order valence-electron chi connectivity index (χ1n) is 8.70. The third kappa shape index (κ3) is 4.15. The Hall–Kier alpha value is -1.96. The van der Waals surface area contributed by atoms with Crippen LogP contribution in [-0.4, -0.2) is 55.8 Å². The van der Waals surface area contributed by atoms with E-state index in [0.717, 1.165) is 16.6 Å². The summed E-state index contributed by atoms with van der Waals surface area (Å²) in [5, 5.41) is 0. The standard InChI is InChI=1S/C18H21Cl2N5O2/c1-11-9-13-14(10-12(11)2)25(8-7-24(5-3-19)6-4-20)16-15(21-13)17(26)23-18(27)22-16/h9-10H,3-8H2,1-2H3,(H,23,26,27). The summed E-state index contributed by atoms with van der Waals surface area (Å²) < 4.78 is 1.89. The maximum Gasteiger partial charge on any atom is 0.349 e. The Labute approximate surface area is 166 Å². The van der Waals surface area contributed by atoms with Gasteiger partial charge in [0.05, 0.1) is 11.0 Å². The molecule has 2 aliphatic heterocycles. The van der Waals surface area contributed by atoms with Gasteiger partial charge in [-0.15, -0.1) is 23.2 Å². The van der Waals surface area contributed by atoms with Crippen LogP contribution in [0.5, 0.6) is 0 Å². The van der Waals surface area contributed by atoms with Crippen LogP contribution in [-0.2, 0) is 6.54 Å². The lowest BCUT2D eigenvalue weighted by molar-refractivity contribution is 0.295. The van der Waals surface area contributed by atoms with Crippen molar-refractivity contribution in [3.8, 4) is 11.5 Å². The van der Waals surface area contributed by atoms with E-state index in [4.69, 9.17) is 23.2 Å². The molecule has 3 rings (SSSR count).